The van der Waals surface area contributed by atoms with Crippen LogP contribution in [0.2, 0.25) is 10.0 Å². The molecule has 2 heterocycles. The normalized spacial score (nSPS) is 15.5. The maximum absolute atomic E-state index is 12.7. The van der Waals surface area contributed by atoms with Gasteiger partial charge in [0.15, 0.2) is 0 Å². The predicted molar refractivity (Wildman–Crippen MR) is 122 cm³/mol. The van der Waals surface area contributed by atoms with E-state index < -0.39 is 0 Å². The molecule has 0 unspecified atom stereocenters. The summed E-state index contributed by atoms with van der Waals surface area (Å²) < 4.78 is 6.04. The first-order chi connectivity index (χ1) is 15.0. The highest BCUT2D eigenvalue weighted by atomic mass is 35.5. The fourth-order valence-electron chi connectivity index (χ4n) is 3.87. The highest BCUT2D eigenvalue weighted by molar-refractivity contribution is 6.37. The largest absolute Gasteiger partial charge is 0.493 e. The Balaban J connectivity index is 1.65. The van der Waals surface area contributed by atoms with Crippen LogP contribution in [0.4, 0.5) is 10.7 Å². The van der Waals surface area contributed by atoms with Crippen LogP contribution in [0.15, 0.2) is 12.1 Å². The number of nitrogens with one attached hydrogen (secondary N) is 1. The van der Waals surface area contributed by atoms with Crippen molar-refractivity contribution in [3.05, 3.63) is 33.4 Å². The first-order valence-electron chi connectivity index (χ1n) is 10.8. The molecule has 0 bridgehead atoms. The number of urea groups is 1. The number of aromatic nitrogens is 2. The van der Waals surface area contributed by atoms with Crippen molar-refractivity contribution < 1.29 is 9.53 Å². The number of fused-ring (bicyclic) bond motifs is 1. The van der Waals surface area contributed by atoms with Gasteiger partial charge in [-0.15, -0.1) is 0 Å². The fourth-order valence-corrected chi connectivity index (χ4v) is 4.43. The number of unbranched alkanes of at least 4 members (excludes halogenated alkanes) is 2. The van der Waals surface area contributed by atoms with Gasteiger partial charge in [0.25, 0.3) is 0 Å². The topological polar surface area (TPSA) is 93.4 Å². The van der Waals surface area contributed by atoms with E-state index in [1.807, 2.05) is 0 Å². The van der Waals surface area contributed by atoms with Crippen molar-refractivity contribution in [2.75, 3.05) is 12.3 Å². The van der Waals surface area contributed by atoms with Crippen molar-refractivity contribution in [1.29, 1.82) is 0 Å². The average molecular weight is 464 g/mol. The molecule has 7 nitrogen and oxygen atoms in total. The predicted octanol–water partition coefficient (Wildman–Crippen LogP) is 5.18. The number of nitrogens with zero attached hydrogens (tertiary/aromatic N) is 3. The van der Waals surface area contributed by atoms with Gasteiger partial charge in [-0.2, -0.15) is 0 Å². The van der Waals surface area contributed by atoms with Crippen LogP contribution in [0.5, 0.6) is 5.75 Å². The van der Waals surface area contributed by atoms with Gasteiger partial charge in [-0.05, 0) is 37.8 Å². The molecular weight excluding hydrogens is 437 g/mol. The number of ether oxygens (including phenoxy) is 1. The van der Waals surface area contributed by atoms with Gasteiger partial charge in [-0.3, -0.25) is 0 Å². The van der Waals surface area contributed by atoms with Gasteiger partial charge >= 0.3 is 6.03 Å². The summed E-state index contributed by atoms with van der Waals surface area (Å²) in [6, 6.07) is 3.58. The average Bonchev–Trinajstić information content (AvgIpc) is 3.11. The second kappa shape index (κ2) is 9.49. The Bertz CT molecular complexity index is 981. The summed E-state index contributed by atoms with van der Waals surface area (Å²) in [5.41, 5.74) is 8.81. The molecule has 1 aromatic heterocycles. The molecule has 0 radical (unpaired) electrons. The van der Waals surface area contributed by atoms with Crippen LogP contribution in [-0.4, -0.2) is 33.5 Å². The number of rotatable bonds is 7. The number of hydrogen-bond acceptors (Lipinski definition) is 5. The van der Waals surface area contributed by atoms with Crippen LogP contribution < -0.4 is 15.8 Å². The van der Waals surface area contributed by atoms with Gasteiger partial charge in [0, 0.05) is 16.6 Å². The maximum Gasteiger partial charge on any atom is 0.318 e. The molecule has 31 heavy (non-hydrogen) atoms. The van der Waals surface area contributed by atoms with Crippen LogP contribution in [0.25, 0.3) is 11.3 Å². The minimum Gasteiger partial charge on any atom is -0.493 e. The summed E-state index contributed by atoms with van der Waals surface area (Å²) in [5, 5.41) is 3.99. The lowest BCUT2D eigenvalue weighted by atomic mass is 9.93. The van der Waals surface area contributed by atoms with Crippen molar-refractivity contribution in [3.63, 3.8) is 0 Å². The van der Waals surface area contributed by atoms with E-state index in [0.29, 0.717) is 46.7 Å². The zero-order valence-corrected chi connectivity index (χ0v) is 19.1. The number of nitrogens with two attached hydrogens (primary N) is 1. The van der Waals surface area contributed by atoms with E-state index in [9.17, 15) is 4.79 Å². The molecule has 2 aromatic rings. The summed E-state index contributed by atoms with van der Waals surface area (Å²) in [4.78, 5) is 23.3. The summed E-state index contributed by atoms with van der Waals surface area (Å²) in [5.74, 6) is 0.698. The second-order valence-electron chi connectivity index (χ2n) is 8.11. The lowest BCUT2D eigenvalue weighted by Crippen LogP contribution is -2.45. The zero-order valence-electron chi connectivity index (χ0n) is 17.6. The molecule has 0 spiro atoms. The number of hydrogen-bond donors (Lipinski definition) is 2. The second-order valence-corrected chi connectivity index (χ2v) is 8.95. The minimum atomic E-state index is -0.0922. The van der Waals surface area contributed by atoms with Gasteiger partial charge in [0.2, 0.25) is 5.95 Å². The van der Waals surface area contributed by atoms with E-state index in [1.165, 1.54) is 0 Å². The standard InChI is InChI=1S/C22H27Cl2N5O2/c1-2-3-4-8-31-18-10-13(23)9-16(24)19(18)20-15-11-29(12-17(15)27-21(25)28-20)22(30)26-14-6-5-7-14/h9-10,14H,2-8,11-12H2,1H3,(H,26,30)(H2,25,27,28). The molecule has 2 aliphatic rings. The molecule has 3 N–H and O–H groups in total. The van der Waals surface area contributed by atoms with Crippen molar-refractivity contribution in [2.24, 2.45) is 0 Å². The number of carbonyl (C=O) groups is 1. The van der Waals surface area contributed by atoms with E-state index in [2.05, 4.69) is 22.2 Å². The smallest absolute Gasteiger partial charge is 0.318 e. The molecule has 1 fully saturated rings. The highest BCUT2D eigenvalue weighted by Gasteiger charge is 2.32. The molecule has 1 aliphatic heterocycles. The SMILES string of the molecule is CCCCCOc1cc(Cl)cc(Cl)c1-c1nc(N)nc2c1CN(C(=O)NC1CCC1)C2. The zero-order chi connectivity index (χ0) is 22.0. The van der Waals surface area contributed by atoms with Crippen molar-refractivity contribution in [2.45, 2.75) is 64.6 Å². The number of carbonyl (C=O) groups excluding carboxylic acids is 1. The van der Waals surface area contributed by atoms with Crippen LogP contribution in [0, 0.1) is 0 Å². The molecule has 0 saturated heterocycles. The number of halogens is 2. The Morgan fingerprint density at radius 1 is 1.26 bits per heavy atom. The lowest BCUT2D eigenvalue weighted by Gasteiger charge is -2.28. The lowest BCUT2D eigenvalue weighted by molar-refractivity contribution is 0.186. The molecule has 4 rings (SSSR count). The number of amides is 2. The van der Waals surface area contributed by atoms with Gasteiger partial charge in [-0.1, -0.05) is 43.0 Å². The van der Waals surface area contributed by atoms with E-state index in [0.717, 1.165) is 49.8 Å². The third kappa shape index (κ3) is 4.83. The Hall–Kier alpha value is -2.25. The minimum absolute atomic E-state index is 0.0922. The molecule has 1 aliphatic carbocycles. The number of benzene rings is 1. The Kier molecular flexibility index (Phi) is 6.72. The summed E-state index contributed by atoms with van der Waals surface area (Å²) in [7, 11) is 0. The molecule has 166 valence electrons. The van der Waals surface area contributed by atoms with Crippen LogP contribution >= 0.6 is 23.2 Å². The van der Waals surface area contributed by atoms with Crippen LogP contribution in [0.1, 0.15) is 56.7 Å². The van der Waals surface area contributed by atoms with E-state index in [4.69, 9.17) is 33.7 Å². The summed E-state index contributed by atoms with van der Waals surface area (Å²) in [6.07, 6.45) is 6.33. The van der Waals surface area contributed by atoms with Crippen molar-refractivity contribution in [1.82, 2.24) is 20.2 Å². The van der Waals surface area contributed by atoms with Gasteiger partial charge in [-0.25, -0.2) is 14.8 Å². The first-order valence-corrected chi connectivity index (χ1v) is 11.5. The summed E-state index contributed by atoms with van der Waals surface area (Å²) >= 11 is 12.8. The number of anilines is 1. The van der Waals surface area contributed by atoms with E-state index in [1.54, 1.807) is 17.0 Å². The Morgan fingerprint density at radius 3 is 2.77 bits per heavy atom. The third-order valence-corrected chi connectivity index (χ3v) is 6.30. The molecule has 1 saturated carbocycles. The molecular formula is C22H27Cl2N5O2. The fraction of sp³-hybridized carbons (Fsp3) is 0.500. The van der Waals surface area contributed by atoms with Crippen LogP contribution in [0.3, 0.4) is 0 Å². The highest BCUT2D eigenvalue weighted by Crippen LogP contribution is 2.42. The molecule has 9 heteroatoms. The first kappa shape index (κ1) is 22.0. The Morgan fingerprint density at radius 2 is 2.06 bits per heavy atom. The van der Waals surface area contributed by atoms with E-state index in [-0.39, 0.29) is 18.0 Å². The van der Waals surface area contributed by atoms with E-state index >= 15 is 0 Å². The van der Waals surface area contributed by atoms with Gasteiger partial charge in [0.1, 0.15) is 5.75 Å². The molecule has 0 atom stereocenters. The third-order valence-electron chi connectivity index (χ3n) is 5.78. The van der Waals surface area contributed by atoms with Gasteiger partial charge in [0.05, 0.1) is 41.7 Å². The maximum atomic E-state index is 12.7. The quantitative estimate of drug-likeness (QED) is 0.551. The Labute approximate surface area is 192 Å². The summed E-state index contributed by atoms with van der Waals surface area (Å²) in [6.45, 7) is 3.46. The molecule has 2 amide bonds. The monoisotopic (exact) mass is 463 g/mol. The molecule has 1 aromatic carbocycles. The van der Waals surface area contributed by atoms with Crippen LogP contribution in [-0.2, 0) is 13.1 Å². The van der Waals surface area contributed by atoms with Gasteiger partial charge < -0.3 is 20.7 Å². The number of nitrogen functional groups attached to an aromatic ring is 1. The van der Waals surface area contributed by atoms with Crippen molar-refractivity contribution in [3.8, 4) is 17.0 Å². The van der Waals surface area contributed by atoms with Crippen molar-refractivity contribution >= 4 is 35.2 Å².